The average Bonchev–Trinajstić information content (AvgIpc) is 2.74. The summed E-state index contributed by atoms with van der Waals surface area (Å²) in [6.45, 7) is 5.45. The molecular weight excluding hydrogens is 188 g/mol. The largest absolute Gasteiger partial charge is 0.472 e. The van der Waals surface area contributed by atoms with Crippen LogP contribution in [0.3, 0.4) is 0 Å². The van der Waals surface area contributed by atoms with Crippen LogP contribution in [0.5, 0.6) is 0 Å². The number of furan rings is 1. The van der Waals surface area contributed by atoms with Crippen LogP contribution in [0.4, 0.5) is 0 Å². The Morgan fingerprint density at radius 2 is 2.53 bits per heavy atom. The van der Waals surface area contributed by atoms with Crippen molar-refractivity contribution < 1.29 is 4.42 Å². The van der Waals surface area contributed by atoms with Crippen molar-refractivity contribution in [1.29, 1.82) is 0 Å². The van der Waals surface area contributed by atoms with E-state index in [0.29, 0.717) is 6.04 Å². The fraction of sp³-hybridized carbons (Fsp3) is 0.667. The molecule has 1 aromatic heterocycles. The molecule has 0 spiro atoms. The van der Waals surface area contributed by atoms with Crippen molar-refractivity contribution in [1.82, 2.24) is 10.6 Å². The summed E-state index contributed by atoms with van der Waals surface area (Å²) in [7, 11) is 0. The lowest BCUT2D eigenvalue weighted by Crippen LogP contribution is -2.46. The van der Waals surface area contributed by atoms with Gasteiger partial charge in [0.1, 0.15) is 0 Å². The van der Waals surface area contributed by atoms with Gasteiger partial charge in [0, 0.05) is 24.7 Å². The van der Waals surface area contributed by atoms with E-state index < -0.39 is 0 Å². The first-order valence-electron chi connectivity index (χ1n) is 5.81. The van der Waals surface area contributed by atoms with Gasteiger partial charge >= 0.3 is 0 Å². The zero-order chi connectivity index (χ0) is 10.5. The molecule has 3 nitrogen and oxygen atoms in total. The van der Waals surface area contributed by atoms with Gasteiger partial charge in [0.05, 0.1) is 12.5 Å². The summed E-state index contributed by atoms with van der Waals surface area (Å²) in [5, 5.41) is 7.03. The van der Waals surface area contributed by atoms with E-state index in [9.17, 15) is 0 Å². The molecule has 0 aliphatic carbocycles. The number of nitrogens with one attached hydrogen (secondary N) is 2. The SMILES string of the molecule is CC1CCCNC1CNCc1ccoc1. The summed E-state index contributed by atoms with van der Waals surface area (Å²) in [6, 6.07) is 2.63. The van der Waals surface area contributed by atoms with E-state index in [1.165, 1.54) is 24.9 Å². The van der Waals surface area contributed by atoms with E-state index in [0.717, 1.165) is 19.0 Å². The van der Waals surface area contributed by atoms with Crippen molar-refractivity contribution in [3.63, 3.8) is 0 Å². The molecule has 2 heterocycles. The molecular formula is C12H20N2O. The van der Waals surface area contributed by atoms with Crippen molar-refractivity contribution >= 4 is 0 Å². The van der Waals surface area contributed by atoms with E-state index in [4.69, 9.17) is 4.42 Å². The third-order valence-electron chi connectivity index (χ3n) is 3.20. The fourth-order valence-electron chi connectivity index (χ4n) is 2.15. The highest BCUT2D eigenvalue weighted by molar-refractivity contribution is 5.04. The minimum absolute atomic E-state index is 0.630. The quantitative estimate of drug-likeness (QED) is 0.791. The van der Waals surface area contributed by atoms with Gasteiger partial charge in [-0.05, 0) is 31.4 Å². The van der Waals surface area contributed by atoms with Gasteiger partial charge in [0.2, 0.25) is 0 Å². The van der Waals surface area contributed by atoms with Gasteiger partial charge in [0.15, 0.2) is 0 Å². The third-order valence-corrected chi connectivity index (χ3v) is 3.20. The van der Waals surface area contributed by atoms with Gasteiger partial charge in [0.25, 0.3) is 0 Å². The molecule has 0 aromatic carbocycles. The maximum atomic E-state index is 5.02. The van der Waals surface area contributed by atoms with Crippen LogP contribution in [-0.4, -0.2) is 19.1 Å². The number of rotatable bonds is 4. The lowest BCUT2D eigenvalue weighted by Gasteiger charge is -2.30. The highest BCUT2D eigenvalue weighted by Gasteiger charge is 2.19. The molecule has 0 radical (unpaired) electrons. The first-order chi connectivity index (χ1) is 7.36. The summed E-state index contributed by atoms with van der Waals surface area (Å²) in [6.07, 6.45) is 6.19. The molecule has 0 saturated carbocycles. The van der Waals surface area contributed by atoms with Gasteiger partial charge in [-0.3, -0.25) is 0 Å². The van der Waals surface area contributed by atoms with Gasteiger partial charge in [-0.1, -0.05) is 6.92 Å². The predicted octanol–water partition coefficient (Wildman–Crippen LogP) is 1.76. The van der Waals surface area contributed by atoms with Crippen molar-refractivity contribution in [2.75, 3.05) is 13.1 Å². The van der Waals surface area contributed by atoms with Crippen molar-refractivity contribution in [2.24, 2.45) is 5.92 Å². The maximum absolute atomic E-state index is 5.02. The van der Waals surface area contributed by atoms with Crippen LogP contribution in [0, 0.1) is 5.92 Å². The van der Waals surface area contributed by atoms with E-state index in [2.05, 4.69) is 17.6 Å². The molecule has 2 rings (SSSR count). The average molecular weight is 208 g/mol. The molecule has 15 heavy (non-hydrogen) atoms. The number of piperidine rings is 1. The van der Waals surface area contributed by atoms with Gasteiger partial charge < -0.3 is 15.1 Å². The van der Waals surface area contributed by atoms with E-state index in [-0.39, 0.29) is 0 Å². The van der Waals surface area contributed by atoms with Crippen molar-refractivity contribution in [2.45, 2.75) is 32.4 Å². The Bertz CT molecular complexity index is 271. The lowest BCUT2D eigenvalue weighted by atomic mass is 9.93. The second-order valence-electron chi connectivity index (χ2n) is 4.44. The van der Waals surface area contributed by atoms with Gasteiger partial charge in [-0.25, -0.2) is 0 Å². The number of hydrogen-bond donors (Lipinski definition) is 2. The standard InChI is InChI=1S/C12H20N2O/c1-10-3-2-5-14-12(10)8-13-7-11-4-6-15-9-11/h4,6,9-10,12-14H,2-3,5,7-8H2,1H3. The molecule has 0 bridgehead atoms. The van der Waals surface area contributed by atoms with Gasteiger partial charge in [-0.2, -0.15) is 0 Å². The van der Waals surface area contributed by atoms with E-state index >= 15 is 0 Å². The third kappa shape index (κ3) is 3.08. The predicted molar refractivity (Wildman–Crippen MR) is 60.6 cm³/mol. The Hall–Kier alpha value is -0.800. The van der Waals surface area contributed by atoms with E-state index in [1.54, 1.807) is 12.5 Å². The molecule has 3 heteroatoms. The van der Waals surface area contributed by atoms with Crippen LogP contribution in [0.15, 0.2) is 23.0 Å². The molecule has 2 unspecified atom stereocenters. The molecule has 84 valence electrons. The number of hydrogen-bond acceptors (Lipinski definition) is 3. The molecule has 1 saturated heterocycles. The molecule has 0 amide bonds. The first-order valence-corrected chi connectivity index (χ1v) is 5.81. The first kappa shape index (κ1) is 10.7. The van der Waals surface area contributed by atoms with Crippen LogP contribution in [0.25, 0.3) is 0 Å². The summed E-state index contributed by atoms with van der Waals surface area (Å²) < 4.78 is 5.02. The molecule has 2 atom stereocenters. The second-order valence-corrected chi connectivity index (χ2v) is 4.44. The Morgan fingerprint density at radius 3 is 3.27 bits per heavy atom. The maximum Gasteiger partial charge on any atom is 0.0947 e. The van der Waals surface area contributed by atoms with Crippen molar-refractivity contribution in [3.8, 4) is 0 Å². The summed E-state index contributed by atoms with van der Waals surface area (Å²) >= 11 is 0. The van der Waals surface area contributed by atoms with Crippen LogP contribution in [-0.2, 0) is 6.54 Å². The Kier molecular flexibility index (Phi) is 3.80. The Morgan fingerprint density at radius 1 is 1.60 bits per heavy atom. The van der Waals surface area contributed by atoms with E-state index in [1.807, 2.05) is 6.07 Å². The lowest BCUT2D eigenvalue weighted by molar-refractivity contribution is 0.290. The highest BCUT2D eigenvalue weighted by atomic mass is 16.3. The highest BCUT2D eigenvalue weighted by Crippen LogP contribution is 2.14. The summed E-state index contributed by atoms with van der Waals surface area (Å²) in [5.74, 6) is 0.788. The van der Waals surface area contributed by atoms with Crippen LogP contribution in [0.2, 0.25) is 0 Å². The normalized spacial score (nSPS) is 26.7. The minimum atomic E-state index is 0.630. The van der Waals surface area contributed by atoms with Gasteiger partial charge in [-0.15, -0.1) is 0 Å². The van der Waals surface area contributed by atoms with Crippen LogP contribution < -0.4 is 10.6 Å². The fourth-order valence-corrected chi connectivity index (χ4v) is 2.15. The molecule has 1 aliphatic heterocycles. The molecule has 2 N–H and O–H groups in total. The Labute approximate surface area is 91.2 Å². The van der Waals surface area contributed by atoms with Crippen LogP contribution in [0.1, 0.15) is 25.3 Å². The summed E-state index contributed by atoms with van der Waals surface area (Å²) in [5.41, 5.74) is 1.22. The molecule has 1 aromatic rings. The zero-order valence-corrected chi connectivity index (χ0v) is 9.33. The summed E-state index contributed by atoms with van der Waals surface area (Å²) in [4.78, 5) is 0. The Balaban J connectivity index is 1.68. The minimum Gasteiger partial charge on any atom is -0.472 e. The second kappa shape index (κ2) is 5.33. The molecule has 1 aliphatic rings. The van der Waals surface area contributed by atoms with Crippen LogP contribution >= 0.6 is 0 Å². The monoisotopic (exact) mass is 208 g/mol. The molecule has 1 fully saturated rings. The van der Waals surface area contributed by atoms with Crippen molar-refractivity contribution in [3.05, 3.63) is 24.2 Å². The zero-order valence-electron chi connectivity index (χ0n) is 9.33. The topological polar surface area (TPSA) is 37.2 Å². The smallest absolute Gasteiger partial charge is 0.0947 e.